The summed E-state index contributed by atoms with van der Waals surface area (Å²) in [6.45, 7) is 0. The van der Waals surface area contributed by atoms with Crippen LogP contribution in [0.25, 0.3) is 6.08 Å². The van der Waals surface area contributed by atoms with Crippen molar-refractivity contribution in [3.63, 3.8) is 0 Å². The molecule has 16 heavy (non-hydrogen) atoms. The number of rotatable bonds is 2. The first kappa shape index (κ1) is 10.7. The highest BCUT2D eigenvalue weighted by atomic mass is 32.2. The zero-order valence-electron chi connectivity index (χ0n) is 8.34. The summed E-state index contributed by atoms with van der Waals surface area (Å²) in [6.07, 6.45) is 5.28. The van der Waals surface area contributed by atoms with Crippen LogP contribution in [0.5, 0.6) is 0 Å². The summed E-state index contributed by atoms with van der Waals surface area (Å²) < 4.78 is 0. The number of benzene rings is 1. The molecule has 1 N–H and O–H groups in total. The first-order valence-electron chi connectivity index (χ1n) is 4.72. The minimum absolute atomic E-state index is 0.315. The minimum atomic E-state index is -0.326. The number of hydrogen-bond donors (Lipinski definition) is 1. The average molecular weight is 231 g/mol. The molecule has 4 heteroatoms. The van der Waals surface area contributed by atoms with E-state index in [-0.39, 0.29) is 11.1 Å². The molecule has 2 amide bonds. The summed E-state index contributed by atoms with van der Waals surface area (Å²) in [7, 11) is 0. The molecular weight excluding hydrogens is 222 g/mol. The summed E-state index contributed by atoms with van der Waals surface area (Å²) in [4.78, 5) is 22.5. The second-order valence-electron chi connectivity index (χ2n) is 3.14. The van der Waals surface area contributed by atoms with Gasteiger partial charge in [-0.3, -0.25) is 14.9 Å². The van der Waals surface area contributed by atoms with Gasteiger partial charge in [0.25, 0.3) is 11.1 Å². The number of carbonyl (C=O) groups excluding carboxylic acids is 2. The van der Waals surface area contributed by atoms with E-state index in [1.54, 1.807) is 12.2 Å². The van der Waals surface area contributed by atoms with Gasteiger partial charge in [0.15, 0.2) is 0 Å². The Morgan fingerprint density at radius 1 is 1.12 bits per heavy atom. The second-order valence-corrected chi connectivity index (χ2v) is 4.16. The third-order valence-corrected chi connectivity index (χ3v) is 2.81. The predicted molar refractivity (Wildman–Crippen MR) is 64.7 cm³/mol. The SMILES string of the molecule is O=C1NC(=O)/C(=C/C=C/c2ccccc2)S1. The van der Waals surface area contributed by atoms with Gasteiger partial charge >= 0.3 is 0 Å². The van der Waals surface area contributed by atoms with Crippen molar-refractivity contribution in [2.75, 3.05) is 0 Å². The van der Waals surface area contributed by atoms with Gasteiger partial charge in [0.2, 0.25) is 0 Å². The van der Waals surface area contributed by atoms with Crippen LogP contribution in [0.1, 0.15) is 5.56 Å². The van der Waals surface area contributed by atoms with Crippen LogP contribution in [-0.2, 0) is 4.79 Å². The quantitative estimate of drug-likeness (QED) is 0.796. The molecule has 0 radical (unpaired) electrons. The van der Waals surface area contributed by atoms with E-state index in [2.05, 4.69) is 5.32 Å². The Morgan fingerprint density at radius 2 is 1.88 bits per heavy atom. The number of thioether (sulfide) groups is 1. The molecule has 0 aromatic heterocycles. The number of carbonyl (C=O) groups is 2. The molecular formula is C12H9NO2S. The molecule has 3 nitrogen and oxygen atoms in total. The molecule has 1 saturated heterocycles. The van der Waals surface area contributed by atoms with Crippen LogP contribution in [0.4, 0.5) is 4.79 Å². The molecule has 1 aromatic carbocycles. The number of allylic oxidation sites excluding steroid dienone is 2. The Labute approximate surface area is 97.2 Å². The largest absolute Gasteiger partial charge is 0.290 e. The van der Waals surface area contributed by atoms with E-state index in [1.807, 2.05) is 36.4 Å². The third-order valence-electron chi connectivity index (χ3n) is 1.98. The first-order valence-corrected chi connectivity index (χ1v) is 5.54. The van der Waals surface area contributed by atoms with Crippen molar-refractivity contribution in [2.45, 2.75) is 0 Å². The van der Waals surface area contributed by atoms with Gasteiger partial charge < -0.3 is 0 Å². The summed E-state index contributed by atoms with van der Waals surface area (Å²) >= 11 is 0.919. The fourth-order valence-electron chi connectivity index (χ4n) is 1.25. The highest BCUT2D eigenvalue weighted by Crippen LogP contribution is 2.22. The summed E-state index contributed by atoms with van der Waals surface area (Å²) in [5, 5.41) is 1.88. The molecule has 0 atom stereocenters. The lowest BCUT2D eigenvalue weighted by atomic mass is 10.2. The van der Waals surface area contributed by atoms with Crippen molar-refractivity contribution in [3.05, 3.63) is 53.0 Å². The molecule has 1 aliphatic heterocycles. The van der Waals surface area contributed by atoms with Gasteiger partial charge in [-0.2, -0.15) is 0 Å². The highest BCUT2D eigenvalue weighted by Gasteiger charge is 2.24. The molecule has 2 rings (SSSR count). The van der Waals surface area contributed by atoms with Crippen LogP contribution in [0, 0.1) is 0 Å². The van der Waals surface area contributed by atoms with Gasteiger partial charge in [-0.1, -0.05) is 42.5 Å². The molecule has 1 fully saturated rings. The van der Waals surface area contributed by atoms with Gasteiger partial charge in [-0.25, -0.2) is 0 Å². The third kappa shape index (κ3) is 2.61. The van der Waals surface area contributed by atoms with Gasteiger partial charge in [0.05, 0.1) is 4.91 Å². The lowest BCUT2D eigenvalue weighted by molar-refractivity contribution is -0.115. The summed E-state index contributed by atoms with van der Waals surface area (Å²) in [5.74, 6) is -0.326. The second kappa shape index (κ2) is 4.81. The van der Waals surface area contributed by atoms with Gasteiger partial charge in [-0.15, -0.1) is 0 Å². The molecule has 0 bridgehead atoms. The fourth-order valence-corrected chi connectivity index (χ4v) is 1.88. The highest BCUT2D eigenvalue weighted by molar-refractivity contribution is 8.18. The molecule has 0 saturated carbocycles. The fraction of sp³-hybridized carbons (Fsp3) is 0. The zero-order chi connectivity index (χ0) is 11.4. The molecule has 0 spiro atoms. The van der Waals surface area contributed by atoms with E-state index in [0.29, 0.717) is 4.91 Å². The minimum Gasteiger partial charge on any atom is -0.282 e. The Balaban J connectivity index is 2.07. The van der Waals surface area contributed by atoms with Crippen LogP contribution in [-0.4, -0.2) is 11.1 Å². The Morgan fingerprint density at radius 3 is 2.50 bits per heavy atom. The predicted octanol–water partition coefficient (Wildman–Crippen LogP) is 2.57. The van der Waals surface area contributed by atoms with Gasteiger partial charge in [0.1, 0.15) is 0 Å². The first-order chi connectivity index (χ1) is 7.75. The standard InChI is InChI=1S/C12H9NO2S/c14-11-10(16-12(15)13-11)8-4-7-9-5-2-1-3-6-9/h1-8H,(H,13,14,15)/b7-4+,10-8-. The lowest BCUT2D eigenvalue weighted by Gasteiger charge is -1.89. The van der Waals surface area contributed by atoms with Crippen LogP contribution < -0.4 is 5.32 Å². The van der Waals surface area contributed by atoms with Crippen LogP contribution >= 0.6 is 11.8 Å². The summed E-state index contributed by atoms with van der Waals surface area (Å²) in [6, 6.07) is 9.74. The van der Waals surface area contributed by atoms with Gasteiger partial charge in [-0.05, 0) is 23.4 Å². The maximum absolute atomic E-state index is 11.2. The number of imide groups is 1. The maximum atomic E-state index is 11.2. The zero-order valence-corrected chi connectivity index (χ0v) is 9.16. The Bertz CT molecular complexity index is 477. The number of hydrogen-bond acceptors (Lipinski definition) is 3. The van der Waals surface area contributed by atoms with Crippen molar-refractivity contribution in [1.29, 1.82) is 0 Å². The van der Waals surface area contributed by atoms with E-state index in [0.717, 1.165) is 17.3 Å². The summed E-state index contributed by atoms with van der Waals surface area (Å²) in [5.41, 5.74) is 1.05. The average Bonchev–Trinajstić information content (AvgIpc) is 2.59. The molecule has 1 heterocycles. The number of amides is 2. The van der Waals surface area contributed by atoms with Crippen molar-refractivity contribution in [1.82, 2.24) is 5.32 Å². The van der Waals surface area contributed by atoms with Crippen LogP contribution in [0.15, 0.2) is 47.4 Å². The van der Waals surface area contributed by atoms with Gasteiger partial charge in [0, 0.05) is 0 Å². The molecule has 0 aliphatic carbocycles. The van der Waals surface area contributed by atoms with E-state index in [9.17, 15) is 9.59 Å². The topological polar surface area (TPSA) is 46.2 Å². The normalized spacial score (nSPS) is 18.4. The van der Waals surface area contributed by atoms with Crippen LogP contribution in [0.3, 0.4) is 0 Å². The van der Waals surface area contributed by atoms with E-state index in [4.69, 9.17) is 0 Å². The van der Waals surface area contributed by atoms with E-state index < -0.39 is 0 Å². The monoisotopic (exact) mass is 231 g/mol. The van der Waals surface area contributed by atoms with Crippen molar-refractivity contribution >= 4 is 29.0 Å². The Kier molecular flexibility index (Phi) is 3.22. The number of nitrogens with one attached hydrogen (secondary N) is 1. The molecule has 1 aromatic rings. The molecule has 80 valence electrons. The van der Waals surface area contributed by atoms with Crippen molar-refractivity contribution in [2.24, 2.45) is 0 Å². The van der Waals surface area contributed by atoms with E-state index in [1.165, 1.54) is 0 Å². The smallest absolute Gasteiger partial charge is 0.282 e. The molecule has 1 aliphatic rings. The van der Waals surface area contributed by atoms with E-state index >= 15 is 0 Å². The van der Waals surface area contributed by atoms with Crippen LogP contribution in [0.2, 0.25) is 0 Å². The van der Waals surface area contributed by atoms with Crippen molar-refractivity contribution < 1.29 is 9.59 Å². The van der Waals surface area contributed by atoms with Crippen molar-refractivity contribution in [3.8, 4) is 0 Å². The maximum Gasteiger partial charge on any atom is 0.290 e. The Hall–Kier alpha value is -1.81. The molecule has 0 unspecified atom stereocenters. The lowest BCUT2D eigenvalue weighted by Crippen LogP contribution is -2.17.